The van der Waals surface area contributed by atoms with Crippen LogP contribution in [0.15, 0.2) is 47.2 Å². The van der Waals surface area contributed by atoms with Gasteiger partial charge in [0.2, 0.25) is 0 Å². The van der Waals surface area contributed by atoms with Crippen molar-refractivity contribution in [2.45, 2.75) is 45.3 Å². The highest BCUT2D eigenvalue weighted by Crippen LogP contribution is 2.25. The highest BCUT2D eigenvalue weighted by molar-refractivity contribution is 5.59. The maximum atomic E-state index is 9.82. The van der Waals surface area contributed by atoms with Crippen LogP contribution in [0, 0.1) is 17.8 Å². The number of nitrogens with zero attached hydrogens (tertiary/aromatic N) is 4. The van der Waals surface area contributed by atoms with Crippen molar-refractivity contribution in [1.29, 1.82) is 0 Å². The standard InChI is InChI=1S/C26H30N4O4/c1-18(31)25-27-10-11-30(25)15-22-12-24(34-28-22)21-8-6-19(7-9-21)4-5-20-13-29(14-20)16-23-17-32-26(2,3)33-23/h6-12,18,20,23,31H,13-17H2,1-3H3/t18-,23?/m0/s1. The molecule has 0 aliphatic carbocycles. The van der Waals surface area contributed by atoms with Crippen LogP contribution in [0.5, 0.6) is 0 Å². The van der Waals surface area contributed by atoms with Crippen molar-refractivity contribution in [3.05, 3.63) is 59.8 Å². The Balaban J connectivity index is 1.13. The number of hydrogen-bond acceptors (Lipinski definition) is 7. The Hall–Kier alpha value is -2.96. The molecule has 1 N–H and O–H groups in total. The lowest BCUT2D eigenvalue weighted by molar-refractivity contribution is -0.141. The number of aliphatic hydroxyl groups is 1. The van der Waals surface area contributed by atoms with Crippen molar-refractivity contribution >= 4 is 0 Å². The van der Waals surface area contributed by atoms with E-state index < -0.39 is 11.9 Å². The Labute approximate surface area is 199 Å². The molecule has 2 fully saturated rings. The van der Waals surface area contributed by atoms with Crippen LogP contribution in [0.1, 0.15) is 44.0 Å². The second-order valence-electron chi connectivity index (χ2n) is 9.48. The van der Waals surface area contributed by atoms with E-state index in [-0.39, 0.29) is 6.10 Å². The SMILES string of the molecule is C[C@H](O)c1nccn1Cc1cc(-c2ccc(C#CC3CN(CC4COC(C)(C)O4)C3)cc2)on1. The Morgan fingerprint density at radius 3 is 2.74 bits per heavy atom. The van der Waals surface area contributed by atoms with Gasteiger partial charge in [0.05, 0.1) is 19.3 Å². The number of rotatable bonds is 6. The van der Waals surface area contributed by atoms with E-state index in [2.05, 4.69) is 26.9 Å². The molecule has 1 aromatic carbocycles. The Morgan fingerprint density at radius 1 is 1.24 bits per heavy atom. The zero-order valence-electron chi connectivity index (χ0n) is 19.8. The third-order valence-electron chi connectivity index (χ3n) is 6.09. The number of hydrogen-bond donors (Lipinski definition) is 1. The summed E-state index contributed by atoms with van der Waals surface area (Å²) in [5, 5.41) is 14.0. The van der Waals surface area contributed by atoms with Gasteiger partial charge in [-0.1, -0.05) is 17.0 Å². The van der Waals surface area contributed by atoms with Crippen LogP contribution < -0.4 is 0 Å². The molecule has 3 aromatic rings. The lowest BCUT2D eigenvalue weighted by atomic mass is 9.99. The van der Waals surface area contributed by atoms with Crippen LogP contribution in [-0.2, 0) is 16.0 Å². The van der Waals surface area contributed by atoms with Crippen LogP contribution in [0.3, 0.4) is 0 Å². The zero-order valence-corrected chi connectivity index (χ0v) is 19.8. The molecule has 4 heterocycles. The number of likely N-dealkylation sites (tertiary alicyclic amines) is 1. The van der Waals surface area contributed by atoms with Gasteiger partial charge in [-0.2, -0.15) is 0 Å². The summed E-state index contributed by atoms with van der Waals surface area (Å²) in [4.78, 5) is 6.56. The van der Waals surface area contributed by atoms with E-state index in [1.807, 2.05) is 54.9 Å². The molecule has 0 saturated carbocycles. The van der Waals surface area contributed by atoms with Crippen molar-refractivity contribution in [1.82, 2.24) is 19.6 Å². The molecule has 2 atom stereocenters. The molecule has 2 saturated heterocycles. The molecule has 5 rings (SSSR count). The second-order valence-corrected chi connectivity index (χ2v) is 9.48. The second kappa shape index (κ2) is 9.35. The summed E-state index contributed by atoms with van der Waals surface area (Å²) < 4.78 is 18.9. The first-order valence-corrected chi connectivity index (χ1v) is 11.7. The summed E-state index contributed by atoms with van der Waals surface area (Å²) in [6, 6.07) is 9.93. The van der Waals surface area contributed by atoms with Gasteiger partial charge in [-0.25, -0.2) is 4.98 Å². The normalized spacial score (nSPS) is 21.1. The first-order chi connectivity index (χ1) is 16.3. The molecule has 1 unspecified atom stereocenters. The van der Waals surface area contributed by atoms with Crippen molar-refractivity contribution in [3.8, 4) is 23.2 Å². The molecule has 34 heavy (non-hydrogen) atoms. The summed E-state index contributed by atoms with van der Waals surface area (Å²) >= 11 is 0. The lowest BCUT2D eigenvalue weighted by Crippen LogP contribution is -2.49. The molecule has 8 heteroatoms. The van der Waals surface area contributed by atoms with E-state index in [9.17, 15) is 5.11 Å². The van der Waals surface area contributed by atoms with Gasteiger partial charge in [0.1, 0.15) is 17.6 Å². The predicted molar refractivity (Wildman–Crippen MR) is 126 cm³/mol. The molecule has 178 valence electrons. The average Bonchev–Trinajstić information content (AvgIpc) is 3.50. The van der Waals surface area contributed by atoms with Gasteiger partial charge >= 0.3 is 0 Å². The molecule has 0 spiro atoms. The molecule has 0 amide bonds. The van der Waals surface area contributed by atoms with E-state index in [0.29, 0.717) is 30.7 Å². The third kappa shape index (κ3) is 5.24. The van der Waals surface area contributed by atoms with Crippen LogP contribution in [-0.4, -0.2) is 62.8 Å². The van der Waals surface area contributed by atoms with Gasteiger partial charge in [0.15, 0.2) is 11.5 Å². The van der Waals surface area contributed by atoms with Gasteiger partial charge in [-0.05, 0) is 45.0 Å². The number of aliphatic hydroxyl groups excluding tert-OH is 1. The van der Waals surface area contributed by atoms with Gasteiger partial charge in [-0.15, -0.1) is 0 Å². The van der Waals surface area contributed by atoms with Gasteiger partial charge < -0.3 is 23.7 Å². The van der Waals surface area contributed by atoms with Gasteiger partial charge in [-0.3, -0.25) is 4.90 Å². The average molecular weight is 463 g/mol. The van der Waals surface area contributed by atoms with Crippen LogP contribution in [0.25, 0.3) is 11.3 Å². The van der Waals surface area contributed by atoms with Crippen molar-refractivity contribution in [3.63, 3.8) is 0 Å². The largest absolute Gasteiger partial charge is 0.385 e. The summed E-state index contributed by atoms with van der Waals surface area (Å²) in [7, 11) is 0. The predicted octanol–water partition coefficient (Wildman–Crippen LogP) is 3.07. The summed E-state index contributed by atoms with van der Waals surface area (Å²) in [6.45, 7) is 9.60. The Morgan fingerprint density at radius 2 is 2.03 bits per heavy atom. The fourth-order valence-corrected chi connectivity index (χ4v) is 4.37. The van der Waals surface area contributed by atoms with Crippen LogP contribution in [0.2, 0.25) is 0 Å². The van der Waals surface area contributed by atoms with Crippen molar-refractivity contribution in [2.24, 2.45) is 5.92 Å². The van der Waals surface area contributed by atoms with E-state index in [1.165, 1.54) is 0 Å². The molecular formula is C26H30N4O4. The maximum absolute atomic E-state index is 9.82. The number of aromatic nitrogens is 3. The maximum Gasteiger partial charge on any atom is 0.167 e. The van der Waals surface area contributed by atoms with Crippen LogP contribution >= 0.6 is 0 Å². The quantitative estimate of drug-likeness (QED) is 0.564. The topological polar surface area (TPSA) is 85.8 Å². The molecule has 2 aromatic heterocycles. The minimum Gasteiger partial charge on any atom is -0.385 e. The van der Waals surface area contributed by atoms with E-state index in [0.717, 1.165) is 36.5 Å². The molecule has 0 bridgehead atoms. The number of imidazole rings is 1. The van der Waals surface area contributed by atoms with Crippen LogP contribution in [0.4, 0.5) is 0 Å². The Kier molecular flexibility index (Phi) is 6.28. The van der Waals surface area contributed by atoms with E-state index in [4.69, 9.17) is 14.0 Å². The summed E-state index contributed by atoms with van der Waals surface area (Å²) in [6.07, 6.45) is 3.00. The third-order valence-corrected chi connectivity index (χ3v) is 6.09. The fraction of sp³-hybridized carbons (Fsp3) is 0.462. The monoisotopic (exact) mass is 462 g/mol. The molecular weight excluding hydrogens is 432 g/mol. The smallest absolute Gasteiger partial charge is 0.167 e. The number of ether oxygens (including phenoxy) is 2. The highest BCUT2D eigenvalue weighted by Gasteiger charge is 2.36. The van der Waals surface area contributed by atoms with Gasteiger partial charge in [0, 0.05) is 55.1 Å². The summed E-state index contributed by atoms with van der Waals surface area (Å²) in [5.74, 6) is 7.90. The van der Waals surface area contributed by atoms with E-state index >= 15 is 0 Å². The van der Waals surface area contributed by atoms with Gasteiger partial charge in [0.25, 0.3) is 0 Å². The zero-order chi connectivity index (χ0) is 23.7. The minimum atomic E-state index is -0.638. The summed E-state index contributed by atoms with van der Waals surface area (Å²) in [5.41, 5.74) is 2.70. The molecule has 2 aliphatic heterocycles. The molecule has 0 radical (unpaired) electrons. The Bertz CT molecular complexity index is 1180. The fourth-order valence-electron chi connectivity index (χ4n) is 4.37. The highest BCUT2D eigenvalue weighted by atomic mass is 16.7. The van der Waals surface area contributed by atoms with Crippen molar-refractivity contribution < 1.29 is 19.1 Å². The first kappa shape index (κ1) is 22.8. The number of benzene rings is 1. The van der Waals surface area contributed by atoms with Crippen molar-refractivity contribution in [2.75, 3.05) is 26.2 Å². The molecule has 8 nitrogen and oxygen atoms in total. The first-order valence-electron chi connectivity index (χ1n) is 11.7. The lowest BCUT2D eigenvalue weighted by Gasteiger charge is -2.37. The minimum absolute atomic E-state index is 0.147. The molecule has 2 aliphatic rings. The van der Waals surface area contributed by atoms with E-state index in [1.54, 1.807) is 13.1 Å².